The van der Waals surface area contributed by atoms with E-state index >= 15 is 0 Å². The molecule has 2 fully saturated rings. The normalized spacial score (nSPS) is 19.6. The van der Waals surface area contributed by atoms with Gasteiger partial charge in [-0.1, -0.05) is 38.5 Å². The van der Waals surface area contributed by atoms with Crippen molar-refractivity contribution in [2.75, 3.05) is 27.2 Å². The molecule has 25 heavy (non-hydrogen) atoms. The maximum absolute atomic E-state index is 6.13. The van der Waals surface area contributed by atoms with Crippen molar-refractivity contribution in [3.05, 3.63) is 18.0 Å². The minimum absolute atomic E-state index is 0.622. The summed E-state index contributed by atoms with van der Waals surface area (Å²) in [6.07, 6.45) is 18.8. The Morgan fingerprint density at radius 2 is 1.68 bits per heavy atom. The topological polar surface area (TPSA) is 53.2 Å². The monoisotopic (exact) mass is 350 g/mol. The van der Waals surface area contributed by atoms with Crippen LogP contribution in [0.25, 0.3) is 0 Å². The van der Waals surface area contributed by atoms with E-state index in [2.05, 4.69) is 27.5 Å². The quantitative estimate of drug-likeness (QED) is 0.787. The van der Waals surface area contributed by atoms with Crippen molar-refractivity contribution in [3.63, 3.8) is 0 Å². The molecule has 1 aromatic heterocycles. The molecule has 1 heterocycles. The third-order valence-corrected chi connectivity index (χ3v) is 5.24. The van der Waals surface area contributed by atoms with E-state index < -0.39 is 0 Å². The first-order valence-corrected chi connectivity index (χ1v) is 10.2. The smallest absolute Gasteiger partial charge is 0.0578 e. The number of aromatic nitrogens is 2. The lowest BCUT2D eigenvalue weighted by Crippen LogP contribution is -2.26. The lowest BCUT2D eigenvalue weighted by molar-refractivity contribution is -0.0450. The molecule has 0 atom stereocenters. The molecule has 2 aliphatic rings. The SMILES string of the molecule is C1CCC(OC2CCCCC2)CC1.CNCCN(C)Cc1cn[nH]c1. The summed E-state index contributed by atoms with van der Waals surface area (Å²) in [5.41, 5.74) is 1.23. The average Bonchev–Trinajstić information content (AvgIpc) is 3.15. The second-order valence-electron chi connectivity index (χ2n) is 7.60. The Morgan fingerprint density at radius 3 is 2.16 bits per heavy atom. The summed E-state index contributed by atoms with van der Waals surface area (Å²) in [6, 6.07) is 0. The van der Waals surface area contributed by atoms with Crippen LogP contribution < -0.4 is 5.32 Å². The van der Waals surface area contributed by atoms with Crippen LogP contribution in [0.3, 0.4) is 0 Å². The first kappa shape index (κ1) is 20.4. The van der Waals surface area contributed by atoms with Gasteiger partial charge in [-0.15, -0.1) is 0 Å². The largest absolute Gasteiger partial charge is 0.375 e. The highest BCUT2D eigenvalue weighted by Gasteiger charge is 2.20. The van der Waals surface area contributed by atoms with E-state index in [1.807, 2.05) is 19.4 Å². The van der Waals surface area contributed by atoms with E-state index in [9.17, 15) is 0 Å². The van der Waals surface area contributed by atoms with Crippen LogP contribution in [0.5, 0.6) is 0 Å². The highest BCUT2D eigenvalue weighted by molar-refractivity contribution is 5.01. The molecule has 2 N–H and O–H groups in total. The number of hydrogen-bond donors (Lipinski definition) is 2. The zero-order chi connectivity index (χ0) is 17.7. The van der Waals surface area contributed by atoms with Crippen LogP contribution in [0.15, 0.2) is 12.4 Å². The molecule has 0 aromatic carbocycles. The fourth-order valence-corrected chi connectivity index (χ4v) is 3.73. The van der Waals surface area contributed by atoms with Crippen LogP contribution >= 0.6 is 0 Å². The maximum atomic E-state index is 6.13. The molecule has 0 aliphatic heterocycles. The molecule has 5 nitrogen and oxygen atoms in total. The number of nitrogens with zero attached hydrogens (tertiary/aromatic N) is 2. The molecule has 144 valence electrons. The van der Waals surface area contributed by atoms with Crippen molar-refractivity contribution in [1.29, 1.82) is 0 Å². The number of H-pyrrole nitrogens is 1. The first-order chi connectivity index (χ1) is 12.3. The molecule has 5 heteroatoms. The van der Waals surface area contributed by atoms with Gasteiger partial charge < -0.3 is 15.0 Å². The predicted molar refractivity (Wildman–Crippen MR) is 104 cm³/mol. The summed E-state index contributed by atoms with van der Waals surface area (Å²) in [5, 5.41) is 9.80. The summed E-state index contributed by atoms with van der Waals surface area (Å²) in [5.74, 6) is 0. The van der Waals surface area contributed by atoms with Crippen molar-refractivity contribution < 1.29 is 4.74 Å². The van der Waals surface area contributed by atoms with Crippen LogP contribution in [0.1, 0.15) is 69.8 Å². The molecule has 0 amide bonds. The molecule has 2 aliphatic carbocycles. The molecular formula is C20H38N4O. The third kappa shape index (κ3) is 8.84. The maximum Gasteiger partial charge on any atom is 0.0578 e. The minimum Gasteiger partial charge on any atom is -0.375 e. The molecular weight excluding hydrogens is 312 g/mol. The zero-order valence-electron chi connectivity index (χ0n) is 16.3. The third-order valence-electron chi connectivity index (χ3n) is 5.24. The van der Waals surface area contributed by atoms with Gasteiger partial charge in [0.2, 0.25) is 0 Å². The summed E-state index contributed by atoms with van der Waals surface area (Å²) < 4.78 is 6.13. The Bertz CT molecular complexity index is 395. The van der Waals surface area contributed by atoms with Crippen LogP contribution in [-0.4, -0.2) is 54.5 Å². The Kier molecular flexibility index (Phi) is 10.2. The Balaban J connectivity index is 0.000000181. The highest BCUT2D eigenvalue weighted by Crippen LogP contribution is 2.26. The number of nitrogens with one attached hydrogen (secondary N) is 2. The van der Waals surface area contributed by atoms with Gasteiger partial charge in [0.25, 0.3) is 0 Å². The van der Waals surface area contributed by atoms with Gasteiger partial charge in [0.15, 0.2) is 0 Å². The lowest BCUT2D eigenvalue weighted by Gasteiger charge is -2.29. The van der Waals surface area contributed by atoms with E-state index in [-0.39, 0.29) is 0 Å². The summed E-state index contributed by atoms with van der Waals surface area (Å²) >= 11 is 0. The first-order valence-electron chi connectivity index (χ1n) is 10.2. The average molecular weight is 351 g/mol. The van der Waals surface area contributed by atoms with Gasteiger partial charge in [0.05, 0.1) is 18.4 Å². The zero-order valence-corrected chi connectivity index (χ0v) is 16.3. The van der Waals surface area contributed by atoms with Crippen molar-refractivity contribution in [1.82, 2.24) is 20.4 Å². The van der Waals surface area contributed by atoms with Gasteiger partial charge in [0.1, 0.15) is 0 Å². The van der Waals surface area contributed by atoms with Gasteiger partial charge >= 0.3 is 0 Å². The standard InChI is InChI=1S/C12H22O.C8H16N4/c1-3-7-11(8-4-1)13-12-9-5-2-6-10-12;1-9-3-4-12(2)7-8-5-10-11-6-8/h11-12H,1-10H2;5-6,9H,3-4,7H2,1-2H3,(H,10,11). The van der Waals surface area contributed by atoms with Crippen LogP contribution in [-0.2, 0) is 11.3 Å². The van der Waals surface area contributed by atoms with Crippen LogP contribution in [0, 0.1) is 0 Å². The van der Waals surface area contributed by atoms with E-state index in [0.29, 0.717) is 12.2 Å². The van der Waals surface area contributed by atoms with Gasteiger partial charge in [-0.2, -0.15) is 5.10 Å². The Hall–Kier alpha value is -0.910. The number of aromatic amines is 1. The van der Waals surface area contributed by atoms with E-state index in [0.717, 1.165) is 19.6 Å². The van der Waals surface area contributed by atoms with Gasteiger partial charge in [-0.25, -0.2) is 0 Å². The molecule has 0 saturated heterocycles. The molecule has 0 radical (unpaired) electrons. The second-order valence-corrected chi connectivity index (χ2v) is 7.60. The van der Waals surface area contributed by atoms with Crippen LogP contribution in [0.2, 0.25) is 0 Å². The number of hydrogen-bond acceptors (Lipinski definition) is 4. The highest BCUT2D eigenvalue weighted by atomic mass is 16.5. The summed E-state index contributed by atoms with van der Waals surface area (Å²) in [7, 11) is 4.07. The molecule has 3 rings (SSSR count). The molecule has 0 unspecified atom stereocenters. The second kappa shape index (κ2) is 12.4. The minimum atomic E-state index is 0.622. The molecule has 0 bridgehead atoms. The molecule has 0 spiro atoms. The predicted octanol–water partition coefficient (Wildman–Crippen LogP) is 3.73. The fraction of sp³-hybridized carbons (Fsp3) is 0.850. The molecule has 2 saturated carbocycles. The van der Waals surface area contributed by atoms with Crippen molar-refractivity contribution >= 4 is 0 Å². The molecule has 1 aromatic rings. The summed E-state index contributed by atoms with van der Waals surface area (Å²) in [4.78, 5) is 2.25. The Labute approximate surface area is 153 Å². The number of likely N-dealkylation sites (N-methyl/N-ethyl adjacent to an activating group) is 2. The van der Waals surface area contributed by atoms with Gasteiger partial charge in [0, 0.05) is 31.4 Å². The van der Waals surface area contributed by atoms with Gasteiger partial charge in [-0.3, -0.25) is 5.10 Å². The van der Waals surface area contributed by atoms with Crippen LogP contribution in [0.4, 0.5) is 0 Å². The number of ether oxygens (including phenoxy) is 1. The summed E-state index contributed by atoms with van der Waals surface area (Å²) in [6.45, 7) is 3.04. The fourth-order valence-electron chi connectivity index (χ4n) is 3.73. The van der Waals surface area contributed by atoms with E-state index in [4.69, 9.17) is 4.74 Å². The van der Waals surface area contributed by atoms with Crippen molar-refractivity contribution in [2.24, 2.45) is 0 Å². The van der Waals surface area contributed by atoms with Gasteiger partial charge in [-0.05, 0) is 39.8 Å². The van der Waals surface area contributed by atoms with E-state index in [1.165, 1.54) is 69.8 Å². The van der Waals surface area contributed by atoms with Crippen molar-refractivity contribution in [2.45, 2.75) is 83.0 Å². The lowest BCUT2D eigenvalue weighted by atomic mass is 9.95. The number of rotatable bonds is 7. The Morgan fingerprint density at radius 1 is 1.08 bits per heavy atom. The van der Waals surface area contributed by atoms with E-state index in [1.54, 1.807) is 0 Å². The van der Waals surface area contributed by atoms with Crippen molar-refractivity contribution in [3.8, 4) is 0 Å².